The van der Waals surface area contributed by atoms with Gasteiger partial charge >= 0.3 is 0 Å². The van der Waals surface area contributed by atoms with Crippen molar-refractivity contribution in [3.05, 3.63) is 47.8 Å². The molecule has 2 aromatic rings. The van der Waals surface area contributed by atoms with Crippen molar-refractivity contribution in [2.45, 2.75) is 31.6 Å². The van der Waals surface area contributed by atoms with Gasteiger partial charge in [0, 0.05) is 51.7 Å². The smallest absolute Gasteiger partial charge is 0.243 e. The first-order valence-corrected chi connectivity index (χ1v) is 12.2. The zero-order valence-corrected chi connectivity index (χ0v) is 18.9. The molecular formula is C22H29N5O3S. The lowest BCUT2D eigenvalue weighted by Gasteiger charge is -2.38. The number of amides is 1. The van der Waals surface area contributed by atoms with Crippen molar-refractivity contribution in [2.75, 3.05) is 44.2 Å². The maximum atomic E-state index is 13.1. The second kappa shape index (κ2) is 8.92. The van der Waals surface area contributed by atoms with Crippen molar-refractivity contribution in [3.8, 4) is 0 Å². The average molecular weight is 444 g/mol. The summed E-state index contributed by atoms with van der Waals surface area (Å²) < 4.78 is 27.6. The monoisotopic (exact) mass is 443 g/mol. The molecule has 1 aromatic heterocycles. The quantitative estimate of drug-likeness (QED) is 0.717. The summed E-state index contributed by atoms with van der Waals surface area (Å²) in [6, 6.07) is 7.01. The zero-order chi connectivity index (χ0) is 22.0. The second-order valence-corrected chi connectivity index (χ2v) is 10.2. The van der Waals surface area contributed by atoms with Crippen LogP contribution in [0.3, 0.4) is 0 Å². The van der Waals surface area contributed by atoms with Crippen molar-refractivity contribution >= 4 is 21.9 Å². The molecule has 0 saturated carbocycles. The molecule has 31 heavy (non-hydrogen) atoms. The minimum atomic E-state index is -3.55. The lowest BCUT2D eigenvalue weighted by molar-refractivity contribution is -0.137. The van der Waals surface area contributed by atoms with Gasteiger partial charge in [-0.1, -0.05) is 6.07 Å². The minimum Gasteiger partial charge on any atom is -0.340 e. The number of carbonyl (C=O) groups excluding carboxylic acids is 1. The van der Waals surface area contributed by atoms with Gasteiger partial charge in [0.15, 0.2) is 0 Å². The molecule has 1 unspecified atom stereocenters. The van der Waals surface area contributed by atoms with Gasteiger partial charge in [-0.3, -0.25) is 4.79 Å². The van der Waals surface area contributed by atoms with E-state index >= 15 is 0 Å². The number of piperidine rings is 1. The Hall–Kier alpha value is -2.52. The molecule has 0 aliphatic carbocycles. The topological polar surface area (TPSA) is 86.7 Å². The molecule has 2 aliphatic rings. The normalized spacial score (nSPS) is 20.6. The summed E-state index contributed by atoms with van der Waals surface area (Å²) in [5.74, 6) is 0.647. The predicted molar refractivity (Wildman–Crippen MR) is 118 cm³/mol. The average Bonchev–Trinajstić information content (AvgIpc) is 2.81. The molecule has 1 aromatic carbocycles. The van der Waals surface area contributed by atoms with Crippen LogP contribution in [0.15, 0.2) is 41.6 Å². The van der Waals surface area contributed by atoms with Crippen molar-refractivity contribution in [3.63, 3.8) is 0 Å². The highest BCUT2D eigenvalue weighted by Crippen LogP contribution is 2.24. The molecule has 0 bridgehead atoms. The Morgan fingerprint density at radius 2 is 1.71 bits per heavy atom. The van der Waals surface area contributed by atoms with Crippen molar-refractivity contribution in [2.24, 2.45) is 5.92 Å². The fourth-order valence-corrected chi connectivity index (χ4v) is 5.75. The number of carbonyl (C=O) groups is 1. The molecule has 0 N–H and O–H groups in total. The number of aryl methyl sites for hydroxylation is 2. The van der Waals surface area contributed by atoms with Gasteiger partial charge in [0.1, 0.15) is 0 Å². The molecule has 4 rings (SSSR count). The summed E-state index contributed by atoms with van der Waals surface area (Å²) in [4.78, 5) is 25.9. The lowest BCUT2D eigenvalue weighted by atomic mass is 9.96. The Morgan fingerprint density at radius 3 is 2.39 bits per heavy atom. The highest BCUT2D eigenvalue weighted by Gasteiger charge is 2.34. The summed E-state index contributed by atoms with van der Waals surface area (Å²) in [5.41, 5.74) is 2.02. The number of rotatable bonds is 4. The number of sulfonamides is 1. The first-order chi connectivity index (χ1) is 14.9. The summed E-state index contributed by atoms with van der Waals surface area (Å²) >= 11 is 0. The molecule has 2 aliphatic heterocycles. The molecule has 3 heterocycles. The van der Waals surface area contributed by atoms with E-state index in [2.05, 4.69) is 14.9 Å². The fraction of sp³-hybridized carbons (Fsp3) is 0.500. The number of benzene rings is 1. The first kappa shape index (κ1) is 21.7. The zero-order valence-electron chi connectivity index (χ0n) is 18.1. The number of hydrogen-bond donors (Lipinski definition) is 0. The van der Waals surface area contributed by atoms with Crippen LogP contribution in [0, 0.1) is 19.8 Å². The standard InChI is InChI=1S/C22H29N5O3S/c1-17-6-7-20(15-18(17)2)31(29,30)27-13-11-25(12-14-27)21(28)19-5-3-10-26(16-19)22-23-8-4-9-24-22/h4,6-9,15,19H,3,5,10-14,16H2,1-2H3. The molecule has 166 valence electrons. The Morgan fingerprint density at radius 1 is 1.00 bits per heavy atom. The van der Waals surface area contributed by atoms with Gasteiger partial charge < -0.3 is 9.80 Å². The van der Waals surface area contributed by atoms with E-state index in [0.717, 1.165) is 30.5 Å². The molecule has 9 heteroatoms. The number of hydrogen-bond acceptors (Lipinski definition) is 6. The molecule has 1 atom stereocenters. The third kappa shape index (κ3) is 4.57. The highest BCUT2D eigenvalue weighted by molar-refractivity contribution is 7.89. The Bertz CT molecular complexity index is 1040. The van der Waals surface area contributed by atoms with Crippen LogP contribution in [0.2, 0.25) is 0 Å². The lowest BCUT2D eigenvalue weighted by Crippen LogP contribution is -2.53. The number of piperazine rings is 1. The van der Waals surface area contributed by atoms with Crippen molar-refractivity contribution in [1.82, 2.24) is 19.2 Å². The van der Waals surface area contributed by atoms with E-state index in [4.69, 9.17) is 0 Å². The van der Waals surface area contributed by atoms with Crippen molar-refractivity contribution < 1.29 is 13.2 Å². The molecule has 2 fully saturated rings. The largest absolute Gasteiger partial charge is 0.340 e. The predicted octanol–water partition coefficient (Wildman–Crippen LogP) is 1.84. The van der Waals surface area contributed by atoms with Gasteiger partial charge in [-0.2, -0.15) is 4.31 Å². The van der Waals surface area contributed by atoms with Crippen LogP contribution < -0.4 is 4.90 Å². The molecule has 2 saturated heterocycles. The van der Waals surface area contributed by atoms with Crippen LogP contribution in [-0.4, -0.2) is 72.8 Å². The third-order valence-corrected chi connectivity index (χ3v) is 8.17. The summed E-state index contributed by atoms with van der Waals surface area (Å²) in [6.45, 7) is 6.80. The Labute approximate surface area is 183 Å². The molecule has 1 amide bonds. The molecule has 0 radical (unpaired) electrons. The minimum absolute atomic E-state index is 0.101. The highest BCUT2D eigenvalue weighted by atomic mass is 32.2. The van der Waals surface area contributed by atoms with Crippen LogP contribution in [-0.2, 0) is 14.8 Å². The van der Waals surface area contributed by atoms with Crippen LogP contribution in [0.5, 0.6) is 0 Å². The number of anilines is 1. The van der Waals surface area contributed by atoms with Crippen molar-refractivity contribution in [1.29, 1.82) is 0 Å². The van der Waals surface area contributed by atoms with Crippen LogP contribution in [0.1, 0.15) is 24.0 Å². The van der Waals surface area contributed by atoms with Gasteiger partial charge in [-0.25, -0.2) is 18.4 Å². The van der Waals surface area contributed by atoms with Gasteiger partial charge in [0.05, 0.1) is 10.8 Å². The fourth-order valence-electron chi connectivity index (χ4n) is 4.25. The van der Waals surface area contributed by atoms with E-state index in [1.165, 1.54) is 4.31 Å². The SMILES string of the molecule is Cc1ccc(S(=O)(=O)N2CCN(C(=O)C3CCCN(c4ncccn4)C3)CC2)cc1C. The van der Waals surface area contributed by atoms with E-state index < -0.39 is 10.0 Å². The van der Waals surface area contributed by atoms with E-state index in [0.29, 0.717) is 43.6 Å². The summed E-state index contributed by atoms with van der Waals surface area (Å²) in [7, 11) is -3.55. The van der Waals surface area contributed by atoms with E-state index in [9.17, 15) is 13.2 Å². The third-order valence-electron chi connectivity index (χ3n) is 6.27. The van der Waals surface area contributed by atoms with Gasteiger partial charge in [0.2, 0.25) is 21.9 Å². The maximum absolute atomic E-state index is 13.1. The number of aromatic nitrogens is 2. The van der Waals surface area contributed by atoms with Gasteiger partial charge in [0.25, 0.3) is 0 Å². The second-order valence-electron chi connectivity index (χ2n) is 8.31. The maximum Gasteiger partial charge on any atom is 0.243 e. The summed E-state index contributed by atoms with van der Waals surface area (Å²) in [6.07, 6.45) is 5.17. The van der Waals surface area contributed by atoms with Crippen LogP contribution >= 0.6 is 0 Å². The van der Waals surface area contributed by atoms with E-state index in [1.54, 1.807) is 30.6 Å². The van der Waals surface area contributed by atoms with E-state index in [-0.39, 0.29) is 11.8 Å². The van der Waals surface area contributed by atoms with Gasteiger partial charge in [-0.05, 0) is 56.0 Å². The van der Waals surface area contributed by atoms with Gasteiger partial charge in [-0.15, -0.1) is 0 Å². The van der Waals surface area contributed by atoms with Crippen LogP contribution in [0.4, 0.5) is 5.95 Å². The molecule has 0 spiro atoms. The summed E-state index contributed by atoms with van der Waals surface area (Å²) in [5, 5.41) is 0. The Balaban J connectivity index is 1.38. The Kier molecular flexibility index (Phi) is 6.24. The number of nitrogens with zero attached hydrogens (tertiary/aromatic N) is 5. The first-order valence-electron chi connectivity index (χ1n) is 10.7. The molecule has 8 nitrogen and oxygen atoms in total. The van der Waals surface area contributed by atoms with E-state index in [1.807, 2.05) is 24.8 Å². The van der Waals surface area contributed by atoms with Crippen LogP contribution in [0.25, 0.3) is 0 Å². The molecular weight excluding hydrogens is 414 g/mol.